The summed E-state index contributed by atoms with van der Waals surface area (Å²) in [6.07, 6.45) is 4.78. The zero-order chi connectivity index (χ0) is 15.4. The molecule has 0 saturated heterocycles. The maximum atomic E-state index is 10.9. The highest BCUT2D eigenvalue weighted by Gasteiger charge is 2.08. The van der Waals surface area contributed by atoms with E-state index in [1.807, 2.05) is 12.1 Å². The van der Waals surface area contributed by atoms with Crippen molar-refractivity contribution in [3.63, 3.8) is 0 Å². The molecule has 3 aromatic heterocycles. The van der Waals surface area contributed by atoms with Crippen LogP contribution in [0.3, 0.4) is 0 Å². The Hall–Kier alpha value is -3.10. The van der Waals surface area contributed by atoms with E-state index < -0.39 is 6.09 Å². The first kappa shape index (κ1) is 13.9. The number of carbonyl (C=O) groups is 1. The molecule has 0 unspecified atom stereocenters. The fraction of sp³-hybridized carbons (Fsp3) is 0.231. The number of fused-ring (bicyclic) bond motifs is 1. The Morgan fingerprint density at radius 3 is 3.09 bits per heavy atom. The molecule has 9 nitrogen and oxygen atoms in total. The number of ether oxygens (including phenoxy) is 1. The smallest absolute Gasteiger partial charge is 0.406 e. The molecular formula is C13H15N7O2. The van der Waals surface area contributed by atoms with Crippen LogP contribution in [0.2, 0.25) is 0 Å². The first-order chi connectivity index (χ1) is 10.8. The molecular weight excluding hydrogens is 286 g/mol. The van der Waals surface area contributed by atoms with Crippen LogP contribution in [0.15, 0.2) is 30.7 Å². The van der Waals surface area contributed by atoms with Gasteiger partial charge in [0.2, 0.25) is 0 Å². The molecule has 3 rings (SSSR count). The second-order valence-electron chi connectivity index (χ2n) is 4.43. The minimum absolute atomic E-state index is 0.248. The van der Waals surface area contributed by atoms with Gasteiger partial charge in [0.05, 0.1) is 24.6 Å². The number of nitrogens with zero attached hydrogens (tertiary/aromatic N) is 4. The Labute approximate surface area is 125 Å². The lowest BCUT2D eigenvalue weighted by molar-refractivity contribution is 0.153. The van der Waals surface area contributed by atoms with Crippen molar-refractivity contribution in [2.24, 2.45) is 0 Å². The van der Waals surface area contributed by atoms with Gasteiger partial charge in [0.1, 0.15) is 12.4 Å². The summed E-state index contributed by atoms with van der Waals surface area (Å²) in [7, 11) is 1.52. The van der Waals surface area contributed by atoms with Crippen molar-refractivity contribution in [2.75, 3.05) is 25.5 Å². The van der Waals surface area contributed by atoms with E-state index in [9.17, 15) is 4.79 Å². The lowest BCUT2D eigenvalue weighted by atomic mass is 10.3. The molecule has 3 aromatic rings. The molecule has 3 N–H and O–H groups in total. The van der Waals surface area contributed by atoms with E-state index in [0.717, 1.165) is 16.9 Å². The summed E-state index contributed by atoms with van der Waals surface area (Å²) in [5.41, 5.74) is 2.48. The molecule has 0 aliphatic rings. The largest absolute Gasteiger partial charge is 0.448 e. The van der Waals surface area contributed by atoms with Crippen LogP contribution in [0.1, 0.15) is 0 Å². The second-order valence-corrected chi connectivity index (χ2v) is 4.43. The molecule has 0 radical (unpaired) electrons. The summed E-state index contributed by atoms with van der Waals surface area (Å²) in [4.78, 5) is 15.2. The van der Waals surface area contributed by atoms with E-state index in [1.54, 1.807) is 23.1 Å². The van der Waals surface area contributed by atoms with E-state index in [2.05, 4.69) is 30.9 Å². The number of hydrogen-bond acceptors (Lipinski definition) is 6. The van der Waals surface area contributed by atoms with Crippen LogP contribution in [0.25, 0.3) is 16.9 Å². The first-order valence-electron chi connectivity index (χ1n) is 6.70. The molecule has 0 spiro atoms. The molecule has 0 atom stereocenters. The molecule has 1 amide bonds. The van der Waals surface area contributed by atoms with Gasteiger partial charge in [0, 0.05) is 18.8 Å². The third-order valence-electron chi connectivity index (χ3n) is 3.00. The van der Waals surface area contributed by atoms with E-state index in [4.69, 9.17) is 4.74 Å². The molecule has 0 fully saturated rings. The van der Waals surface area contributed by atoms with Crippen molar-refractivity contribution in [2.45, 2.75) is 0 Å². The average molecular weight is 301 g/mol. The zero-order valence-corrected chi connectivity index (χ0v) is 11.9. The normalized spacial score (nSPS) is 10.6. The van der Waals surface area contributed by atoms with Crippen LogP contribution < -0.4 is 10.6 Å². The lowest BCUT2D eigenvalue weighted by Gasteiger charge is -2.07. The number of aromatic nitrogens is 5. The van der Waals surface area contributed by atoms with Gasteiger partial charge in [-0.25, -0.2) is 14.3 Å². The van der Waals surface area contributed by atoms with Crippen molar-refractivity contribution < 1.29 is 9.53 Å². The van der Waals surface area contributed by atoms with Crippen LogP contribution in [-0.4, -0.2) is 51.1 Å². The maximum absolute atomic E-state index is 10.9. The van der Waals surface area contributed by atoms with Crippen molar-refractivity contribution in [1.29, 1.82) is 0 Å². The molecule has 0 aliphatic heterocycles. The van der Waals surface area contributed by atoms with Gasteiger partial charge < -0.3 is 15.4 Å². The third kappa shape index (κ3) is 2.82. The molecule has 0 saturated carbocycles. The van der Waals surface area contributed by atoms with Crippen LogP contribution in [0.5, 0.6) is 0 Å². The first-order valence-corrected chi connectivity index (χ1v) is 6.70. The highest BCUT2D eigenvalue weighted by Crippen LogP contribution is 2.19. The third-order valence-corrected chi connectivity index (χ3v) is 3.00. The molecule has 0 bridgehead atoms. The highest BCUT2D eigenvalue weighted by atomic mass is 16.5. The highest BCUT2D eigenvalue weighted by molar-refractivity contribution is 5.66. The zero-order valence-electron chi connectivity index (χ0n) is 11.9. The van der Waals surface area contributed by atoms with Crippen LogP contribution in [-0.2, 0) is 4.74 Å². The molecule has 3 heterocycles. The number of H-pyrrole nitrogens is 1. The molecule has 22 heavy (non-hydrogen) atoms. The number of anilines is 1. The van der Waals surface area contributed by atoms with Gasteiger partial charge in [-0.1, -0.05) is 0 Å². The molecule has 0 aromatic carbocycles. The molecule has 114 valence electrons. The van der Waals surface area contributed by atoms with E-state index in [-0.39, 0.29) is 6.61 Å². The fourth-order valence-corrected chi connectivity index (χ4v) is 1.95. The van der Waals surface area contributed by atoms with Crippen molar-refractivity contribution in [1.82, 2.24) is 30.1 Å². The number of carbonyl (C=O) groups excluding carboxylic acids is 1. The van der Waals surface area contributed by atoms with Gasteiger partial charge in [-0.05, 0) is 12.1 Å². The summed E-state index contributed by atoms with van der Waals surface area (Å²) in [5, 5.41) is 16.6. The van der Waals surface area contributed by atoms with Crippen molar-refractivity contribution in [3.05, 3.63) is 30.7 Å². The SMILES string of the molecule is CNC(=O)OCCNc1ccc2ncc(-c3cn[nH]c3)n2n1. The monoisotopic (exact) mass is 301 g/mol. The van der Waals surface area contributed by atoms with Crippen LogP contribution in [0, 0.1) is 0 Å². The Morgan fingerprint density at radius 1 is 1.41 bits per heavy atom. The quantitative estimate of drug-likeness (QED) is 0.604. The van der Waals surface area contributed by atoms with Gasteiger partial charge in [-0.15, -0.1) is 5.10 Å². The maximum Gasteiger partial charge on any atom is 0.406 e. The van der Waals surface area contributed by atoms with E-state index in [0.29, 0.717) is 12.4 Å². The van der Waals surface area contributed by atoms with Gasteiger partial charge in [0.25, 0.3) is 0 Å². The molecule has 9 heteroatoms. The summed E-state index contributed by atoms with van der Waals surface area (Å²) in [5.74, 6) is 0.663. The van der Waals surface area contributed by atoms with Gasteiger partial charge >= 0.3 is 6.09 Å². The fourth-order valence-electron chi connectivity index (χ4n) is 1.95. The Balaban J connectivity index is 1.72. The minimum atomic E-state index is -0.456. The van der Waals surface area contributed by atoms with Crippen molar-refractivity contribution >= 4 is 17.6 Å². The predicted molar refractivity (Wildman–Crippen MR) is 79.5 cm³/mol. The summed E-state index contributed by atoms with van der Waals surface area (Å²) in [6.45, 7) is 0.708. The minimum Gasteiger partial charge on any atom is -0.448 e. The number of nitrogens with one attached hydrogen (secondary N) is 3. The number of amides is 1. The van der Waals surface area contributed by atoms with Gasteiger partial charge in [-0.3, -0.25) is 5.10 Å². The van der Waals surface area contributed by atoms with E-state index >= 15 is 0 Å². The lowest BCUT2D eigenvalue weighted by Crippen LogP contribution is -2.22. The molecule has 0 aliphatic carbocycles. The standard InChI is InChI=1S/C13H15N7O2/c1-14-13(21)22-5-4-15-11-2-3-12-16-8-10(20(12)19-11)9-6-17-18-7-9/h2-3,6-8H,4-5H2,1H3,(H,14,21)(H,15,19)(H,17,18). The number of alkyl carbamates (subject to hydrolysis) is 1. The number of imidazole rings is 1. The summed E-state index contributed by atoms with van der Waals surface area (Å²) < 4.78 is 6.63. The van der Waals surface area contributed by atoms with Crippen molar-refractivity contribution in [3.8, 4) is 11.3 Å². The second kappa shape index (κ2) is 6.12. The average Bonchev–Trinajstić information content (AvgIpc) is 3.19. The number of rotatable bonds is 5. The number of hydrogen-bond donors (Lipinski definition) is 3. The summed E-state index contributed by atoms with van der Waals surface area (Å²) >= 11 is 0. The predicted octanol–water partition coefficient (Wildman–Crippen LogP) is 0.887. The summed E-state index contributed by atoms with van der Waals surface area (Å²) in [6, 6.07) is 3.68. The van der Waals surface area contributed by atoms with Gasteiger partial charge in [-0.2, -0.15) is 5.10 Å². The van der Waals surface area contributed by atoms with Crippen LogP contribution in [0.4, 0.5) is 10.6 Å². The number of aromatic amines is 1. The topological polar surface area (TPSA) is 109 Å². The van der Waals surface area contributed by atoms with Gasteiger partial charge in [0.15, 0.2) is 5.65 Å². The van der Waals surface area contributed by atoms with E-state index in [1.165, 1.54) is 7.05 Å². The Bertz CT molecular complexity index is 766. The Morgan fingerprint density at radius 2 is 2.32 bits per heavy atom. The Kier molecular flexibility index (Phi) is 3.86. The van der Waals surface area contributed by atoms with Crippen LogP contribution >= 0.6 is 0 Å².